The molecular weight excluding hydrogens is 288 g/mol. The van der Waals surface area contributed by atoms with Crippen molar-refractivity contribution in [3.63, 3.8) is 0 Å². The number of carboxylic acids is 1. The first-order chi connectivity index (χ1) is 10.4. The van der Waals surface area contributed by atoms with Gasteiger partial charge < -0.3 is 10.8 Å². The molecule has 0 radical (unpaired) electrons. The van der Waals surface area contributed by atoms with Gasteiger partial charge in [0, 0.05) is 4.92 Å². The number of fused-ring (bicyclic) bond motifs is 1. The quantitative estimate of drug-likeness (QED) is 0.564. The van der Waals surface area contributed by atoms with Crippen LogP contribution in [0.4, 0.5) is 0 Å². The average Bonchev–Trinajstić information content (AvgIpc) is 3.06. The zero-order valence-electron chi connectivity index (χ0n) is 11.5. The number of carbonyl (C=O) groups excluding carboxylic acids is 1. The first-order valence-electron chi connectivity index (χ1n) is 6.19. The molecule has 0 unspecified atom stereocenters. The van der Waals surface area contributed by atoms with Crippen LogP contribution in [0, 0.1) is 10.1 Å². The van der Waals surface area contributed by atoms with E-state index in [1.807, 2.05) is 0 Å². The van der Waals surface area contributed by atoms with Gasteiger partial charge in [0.1, 0.15) is 0 Å². The lowest BCUT2D eigenvalue weighted by Gasteiger charge is -1.88. The highest BCUT2D eigenvalue weighted by Crippen LogP contribution is 2.32. The van der Waals surface area contributed by atoms with Crippen LogP contribution in [0.15, 0.2) is 54.6 Å². The van der Waals surface area contributed by atoms with Crippen molar-refractivity contribution in [1.82, 2.24) is 0 Å². The second kappa shape index (κ2) is 8.15. The monoisotopic (exact) mass is 302 g/mol. The van der Waals surface area contributed by atoms with E-state index in [1.54, 1.807) is 30.3 Å². The third kappa shape index (κ3) is 6.80. The molecule has 0 bridgehead atoms. The smallest absolute Gasteiger partial charge is 0.335 e. The molecule has 1 aromatic carbocycles. The highest BCUT2D eigenvalue weighted by Gasteiger charge is 2.07. The number of carboxylic acid groups (broad SMARTS) is 1. The molecule has 7 nitrogen and oxygen atoms in total. The van der Waals surface area contributed by atoms with Crippen molar-refractivity contribution in [2.45, 2.75) is 0 Å². The van der Waals surface area contributed by atoms with Gasteiger partial charge in [0.2, 0.25) is 0 Å². The standard InChI is InChI=1S/C7H6O2.C6H4.C2H4N2O3/c8-7(9)6-4-2-1-3-5-6;1-2-5-4-6(5)3-1;3-2(5)1-4(6)7/h1-5H,(H,8,9);1-4H;1H2,(H2,3,5). The molecule has 7 heteroatoms. The minimum absolute atomic E-state index is 0.331. The Balaban J connectivity index is 0.000000168. The summed E-state index contributed by atoms with van der Waals surface area (Å²) in [6, 6.07) is 16.8. The lowest BCUT2D eigenvalue weighted by atomic mass is 10.2. The van der Waals surface area contributed by atoms with Gasteiger partial charge in [-0.1, -0.05) is 36.4 Å². The van der Waals surface area contributed by atoms with Crippen molar-refractivity contribution in [2.24, 2.45) is 5.73 Å². The van der Waals surface area contributed by atoms with Crippen LogP contribution in [0.1, 0.15) is 10.4 Å². The fourth-order valence-electron chi connectivity index (χ4n) is 1.38. The van der Waals surface area contributed by atoms with Crippen LogP contribution in [-0.2, 0) is 4.79 Å². The van der Waals surface area contributed by atoms with E-state index in [-0.39, 0.29) is 0 Å². The fraction of sp³-hybridized carbons (Fsp3) is 0.0667. The molecule has 0 aromatic heterocycles. The van der Waals surface area contributed by atoms with Crippen molar-refractivity contribution in [3.05, 3.63) is 70.3 Å². The zero-order valence-corrected chi connectivity index (χ0v) is 11.5. The van der Waals surface area contributed by atoms with Crippen LogP contribution in [0.3, 0.4) is 0 Å². The van der Waals surface area contributed by atoms with E-state index >= 15 is 0 Å². The predicted molar refractivity (Wildman–Crippen MR) is 79.9 cm³/mol. The molecule has 22 heavy (non-hydrogen) atoms. The molecule has 1 amide bonds. The van der Waals surface area contributed by atoms with Crippen molar-refractivity contribution in [2.75, 3.05) is 6.54 Å². The topological polar surface area (TPSA) is 124 Å². The Morgan fingerprint density at radius 2 is 1.59 bits per heavy atom. The van der Waals surface area contributed by atoms with Gasteiger partial charge in [0.15, 0.2) is 0 Å². The lowest BCUT2D eigenvalue weighted by molar-refractivity contribution is -0.467. The summed E-state index contributed by atoms with van der Waals surface area (Å²) in [6.45, 7) is -0.778. The molecule has 0 atom stereocenters. The van der Waals surface area contributed by atoms with E-state index in [0.717, 1.165) is 0 Å². The molecule has 0 saturated heterocycles. The molecule has 114 valence electrons. The zero-order chi connectivity index (χ0) is 16.5. The second-order valence-corrected chi connectivity index (χ2v) is 4.21. The Kier molecular flexibility index (Phi) is 6.24. The molecule has 0 fully saturated rings. The molecule has 0 heterocycles. The van der Waals surface area contributed by atoms with Gasteiger partial charge in [-0.05, 0) is 29.3 Å². The number of hydrogen-bond acceptors (Lipinski definition) is 4. The molecule has 2 aliphatic rings. The van der Waals surface area contributed by atoms with Gasteiger partial charge in [-0.25, -0.2) is 4.79 Å². The summed E-state index contributed by atoms with van der Waals surface area (Å²) in [7, 11) is 0. The summed E-state index contributed by atoms with van der Waals surface area (Å²) < 4.78 is 0. The van der Waals surface area contributed by atoms with Crippen LogP contribution < -0.4 is 5.73 Å². The molecular formula is C15H14N2O5. The normalized spacial score (nSPS) is 9.27. The van der Waals surface area contributed by atoms with Crippen LogP contribution in [-0.4, -0.2) is 28.5 Å². The largest absolute Gasteiger partial charge is 0.478 e. The number of amides is 1. The van der Waals surface area contributed by atoms with E-state index < -0.39 is 23.3 Å². The SMILES string of the molecule is NC(=O)C[N+](=O)[O-].O=C(O)c1ccccc1.c1cc2cc-2c1. The number of primary amides is 1. The molecule has 2 aliphatic carbocycles. The maximum atomic E-state index is 10.2. The van der Waals surface area contributed by atoms with Gasteiger partial charge in [-0.2, -0.15) is 0 Å². The summed E-state index contributed by atoms with van der Waals surface area (Å²) in [5, 5.41) is 17.7. The van der Waals surface area contributed by atoms with E-state index in [9.17, 15) is 19.7 Å². The first kappa shape index (κ1) is 16.8. The van der Waals surface area contributed by atoms with E-state index in [2.05, 4.69) is 30.0 Å². The predicted octanol–water partition coefficient (Wildman–Crippen LogP) is 1.80. The van der Waals surface area contributed by atoms with Gasteiger partial charge >= 0.3 is 5.97 Å². The highest BCUT2D eigenvalue weighted by atomic mass is 16.6. The Labute approximate surface area is 126 Å². The Morgan fingerprint density at radius 1 is 1.05 bits per heavy atom. The molecule has 0 saturated carbocycles. The number of benzene rings is 2. The van der Waals surface area contributed by atoms with Crippen LogP contribution in [0.2, 0.25) is 0 Å². The Morgan fingerprint density at radius 3 is 1.77 bits per heavy atom. The minimum Gasteiger partial charge on any atom is -0.478 e. The number of hydrogen-bond donors (Lipinski definition) is 2. The van der Waals surface area contributed by atoms with E-state index in [1.165, 1.54) is 11.1 Å². The number of nitrogens with two attached hydrogens (primary N) is 1. The highest BCUT2D eigenvalue weighted by molar-refractivity contribution is 5.87. The van der Waals surface area contributed by atoms with Gasteiger partial charge in [0.25, 0.3) is 12.5 Å². The summed E-state index contributed by atoms with van der Waals surface area (Å²) >= 11 is 0. The second-order valence-electron chi connectivity index (χ2n) is 4.21. The third-order valence-electron chi connectivity index (χ3n) is 2.42. The number of nitro groups is 1. The summed E-state index contributed by atoms with van der Waals surface area (Å²) in [5.74, 6) is -1.79. The molecule has 3 N–H and O–H groups in total. The molecule has 0 spiro atoms. The summed E-state index contributed by atoms with van der Waals surface area (Å²) in [4.78, 5) is 28.3. The minimum atomic E-state index is -0.912. The van der Waals surface area contributed by atoms with Gasteiger partial charge in [-0.3, -0.25) is 14.9 Å². The van der Waals surface area contributed by atoms with E-state index in [4.69, 9.17) is 5.11 Å². The van der Waals surface area contributed by atoms with Crippen LogP contribution in [0.25, 0.3) is 11.1 Å². The van der Waals surface area contributed by atoms with Gasteiger partial charge in [-0.15, -0.1) is 0 Å². The Bertz CT molecular complexity index is 641. The maximum absolute atomic E-state index is 10.2. The number of carbonyl (C=O) groups is 2. The van der Waals surface area contributed by atoms with Crippen molar-refractivity contribution >= 4 is 11.9 Å². The average molecular weight is 302 g/mol. The fourth-order valence-corrected chi connectivity index (χ4v) is 1.38. The van der Waals surface area contributed by atoms with Crippen molar-refractivity contribution in [3.8, 4) is 11.1 Å². The number of rotatable bonds is 3. The van der Waals surface area contributed by atoms with Crippen molar-refractivity contribution in [1.29, 1.82) is 0 Å². The molecule has 1 aromatic rings. The first-order valence-corrected chi connectivity index (χ1v) is 6.19. The Hall–Kier alpha value is -3.22. The molecule has 3 rings (SSSR count). The third-order valence-corrected chi connectivity index (χ3v) is 2.42. The van der Waals surface area contributed by atoms with Crippen LogP contribution >= 0.6 is 0 Å². The number of nitrogens with zero attached hydrogens (tertiary/aromatic N) is 1. The maximum Gasteiger partial charge on any atom is 0.335 e. The van der Waals surface area contributed by atoms with Gasteiger partial charge in [0.05, 0.1) is 5.56 Å². The van der Waals surface area contributed by atoms with Crippen molar-refractivity contribution < 1.29 is 19.6 Å². The van der Waals surface area contributed by atoms with Crippen LogP contribution in [0.5, 0.6) is 0 Å². The summed E-state index contributed by atoms with van der Waals surface area (Å²) in [6.07, 6.45) is 0. The summed E-state index contributed by atoms with van der Waals surface area (Å²) in [5.41, 5.74) is 7.60. The lowest BCUT2D eigenvalue weighted by Crippen LogP contribution is -2.21. The molecule has 0 aliphatic heterocycles. The number of aromatic carboxylic acids is 1. The van der Waals surface area contributed by atoms with E-state index in [0.29, 0.717) is 5.56 Å².